The SMILES string of the molecule is CC(=O)OCCOC(C)=O.COC(=O)CCCCC(=O)OC. The first kappa shape index (κ1) is 22.2. The second-order valence-corrected chi connectivity index (χ2v) is 4.04. The fourth-order valence-corrected chi connectivity index (χ4v) is 1.11. The first-order valence-electron chi connectivity index (χ1n) is 6.73. The molecule has 0 unspecified atom stereocenters. The fraction of sp³-hybridized carbons (Fsp3) is 0.714. The minimum atomic E-state index is -0.368. The number of rotatable bonds is 8. The molecule has 0 radical (unpaired) electrons. The molecule has 8 nitrogen and oxygen atoms in total. The molecule has 0 bridgehead atoms. The van der Waals surface area contributed by atoms with Gasteiger partial charge in [0, 0.05) is 26.7 Å². The van der Waals surface area contributed by atoms with Crippen molar-refractivity contribution in [2.75, 3.05) is 27.4 Å². The number of methoxy groups -OCH3 is 2. The van der Waals surface area contributed by atoms with E-state index in [0.29, 0.717) is 25.7 Å². The van der Waals surface area contributed by atoms with Crippen molar-refractivity contribution in [1.82, 2.24) is 0 Å². The van der Waals surface area contributed by atoms with Crippen molar-refractivity contribution in [1.29, 1.82) is 0 Å². The van der Waals surface area contributed by atoms with E-state index in [1.54, 1.807) is 0 Å². The lowest BCUT2D eigenvalue weighted by molar-refractivity contribution is -0.149. The lowest BCUT2D eigenvalue weighted by atomic mass is 10.2. The van der Waals surface area contributed by atoms with Gasteiger partial charge in [-0.3, -0.25) is 19.2 Å². The maximum Gasteiger partial charge on any atom is 0.305 e. The second-order valence-electron chi connectivity index (χ2n) is 4.04. The molecule has 0 spiro atoms. The summed E-state index contributed by atoms with van der Waals surface area (Å²) in [6.45, 7) is 2.87. The second kappa shape index (κ2) is 15.3. The molecular formula is C14H24O8. The van der Waals surface area contributed by atoms with E-state index in [2.05, 4.69) is 18.9 Å². The molecule has 0 aromatic heterocycles. The summed E-state index contributed by atoms with van der Waals surface area (Å²) in [4.78, 5) is 41.4. The van der Waals surface area contributed by atoms with Crippen LogP contribution in [0.5, 0.6) is 0 Å². The lowest BCUT2D eigenvalue weighted by Crippen LogP contribution is -2.09. The zero-order valence-corrected chi connectivity index (χ0v) is 13.5. The highest BCUT2D eigenvalue weighted by Gasteiger charge is 2.02. The lowest BCUT2D eigenvalue weighted by Gasteiger charge is -2.00. The van der Waals surface area contributed by atoms with Gasteiger partial charge >= 0.3 is 23.9 Å². The van der Waals surface area contributed by atoms with Crippen molar-refractivity contribution in [2.24, 2.45) is 0 Å². The number of ether oxygens (including phenoxy) is 4. The molecule has 0 N–H and O–H groups in total. The van der Waals surface area contributed by atoms with E-state index in [4.69, 9.17) is 0 Å². The molecule has 0 fully saturated rings. The van der Waals surface area contributed by atoms with Crippen LogP contribution in [0.25, 0.3) is 0 Å². The van der Waals surface area contributed by atoms with Gasteiger partial charge in [-0.15, -0.1) is 0 Å². The van der Waals surface area contributed by atoms with E-state index in [1.165, 1.54) is 28.1 Å². The number of carbonyl (C=O) groups is 4. The van der Waals surface area contributed by atoms with Crippen LogP contribution in [-0.2, 0) is 38.1 Å². The van der Waals surface area contributed by atoms with Crippen molar-refractivity contribution in [3.05, 3.63) is 0 Å². The Morgan fingerprint density at radius 3 is 1.23 bits per heavy atom. The zero-order chi connectivity index (χ0) is 17.4. The third-order valence-electron chi connectivity index (χ3n) is 2.16. The van der Waals surface area contributed by atoms with Gasteiger partial charge in [0.1, 0.15) is 13.2 Å². The van der Waals surface area contributed by atoms with Crippen LogP contribution < -0.4 is 0 Å². The summed E-state index contributed by atoms with van der Waals surface area (Å²) in [6, 6.07) is 0. The quantitative estimate of drug-likeness (QED) is 0.370. The molecule has 0 heterocycles. The Bertz CT molecular complexity index is 317. The minimum Gasteiger partial charge on any atom is -0.469 e. The van der Waals surface area contributed by atoms with Crippen LogP contribution >= 0.6 is 0 Å². The highest BCUT2D eigenvalue weighted by Crippen LogP contribution is 2.01. The van der Waals surface area contributed by atoms with Crippen LogP contribution in [0.3, 0.4) is 0 Å². The molecule has 0 aliphatic heterocycles. The average molecular weight is 320 g/mol. The first-order chi connectivity index (χ1) is 10.3. The van der Waals surface area contributed by atoms with Crippen LogP contribution in [0.2, 0.25) is 0 Å². The Morgan fingerprint density at radius 2 is 1.00 bits per heavy atom. The van der Waals surface area contributed by atoms with Crippen LogP contribution in [0.1, 0.15) is 39.5 Å². The standard InChI is InChI=1S/C8H14O4.C6H10O4/c1-11-7(9)5-3-4-6-8(10)12-2;1-5(7)9-3-4-10-6(2)8/h3-6H2,1-2H3;3-4H2,1-2H3. The van der Waals surface area contributed by atoms with Crippen molar-refractivity contribution >= 4 is 23.9 Å². The van der Waals surface area contributed by atoms with Gasteiger partial charge in [0.15, 0.2) is 0 Å². The molecule has 128 valence electrons. The molecular weight excluding hydrogens is 296 g/mol. The van der Waals surface area contributed by atoms with Gasteiger partial charge < -0.3 is 18.9 Å². The minimum absolute atomic E-state index is 0.134. The number of hydrogen-bond acceptors (Lipinski definition) is 8. The van der Waals surface area contributed by atoms with Gasteiger partial charge in [-0.25, -0.2) is 0 Å². The summed E-state index contributed by atoms with van der Waals surface area (Å²) in [6.07, 6.45) is 2.07. The van der Waals surface area contributed by atoms with E-state index in [-0.39, 0.29) is 37.1 Å². The van der Waals surface area contributed by atoms with Gasteiger partial charge in [-0.05, 0) is 12.8 Å². The molecule has 0 aromatic carbocycles. The monoisotopic (exact) mass is 320 g/mol. The third-order valence-corrected chi connectivity index (χ3v) is 2.16. The largest absolute Gasteiger partial charge is 0.469 e. The summed E-state index contributed by atoms with van der Waals surface area (Å²) in [7, 11) is 2.70. The highest BCUT2D eigenvalue weighted by atomic mass is 16.6. The molecule has 8 heteroatoms. The third kappa shape index (κ3) is 20.2. The van der Waals surface area contributed by atoms with Crippen LogP contribution in [0, 0.1) is 0 Å². The zero-order valence-electron chi connectivity index (χ0n) is 13.5. The Labute approximate surface area is 130 Å². The smallest absolute Gasteiger partial charge is 0.305 e. The molecule has 0 saturated heterocycles. The molecule has 0 aliphatic rings. The maximum absolute atomic E-state index is 10.6. The van der Waals surface area contributed by atoms with E-state index >= 15 is 0 Å². The summed E-state index contributed by atoms with van der Waals surface area (Å²) >= 11 is 0. The fourth-order valence-electron chi connectivity index (χ4n) is 1.11. The average Bonchev–Trinajstić information content (AvgIpc) is 2.47. The Hall–Kier alpha value is -2.12. The number of hydrogen-bond donors (Lipinski definition) is 0. The van der Waals surface area contributed by atoms with Crippen LogP contribution in [0.15, 0.2) is 0 Å². The van der Waals surface area contributed by atoms with E-state index in [0.717, 1.165) is 0 Å². The molecule has 22 heavy (non-hydrogen) atoms. The van der Waals surface area contributed by atoms with E-state index in [1.807, 2.05) is 0 Å². The van der Waals surface area contributed by atoms with Crippen molar-refractivity contribution < 1.29 is 38.1 Å². The van der Waals surface area contributed by atoms with Crippen LogP contribution in [-0.4, -0.2) is 51.3 Å². The molecule has 0 saturated carbocycles. The van der Waals surface area contributed by atoms with Gasteiger partial charge in [0.25, 0.3) is 0 Å². The Morgan fingerprint density at radius 1 is 0.682 bits per heavy atom. The summed E-state index contributed by atoms with van der Waals surface area (Å²) in [5.41, 5.74) is 0. The number of unbranched alkanes of at least 4 members (excludes halogenated alkanes) is 1. The predicted molar refractivity (Wildman–Crippen MR) is 75.8 cm³/mol. The van der Waals surface area contributed by atoms with Gasteiger partial charge in [-0.2, -0.15) is 0 Å². The molecule has 0 aromatic rings. The first-order valence-corrected chi connectivity index (χ1v) is 6.73. The molecule has 0 rings (SSSR count). The summed E-state index contributed by atoms with van der Waals surface area (Å²) in [5.74, 6) is -1.21. The summed E-state index contributed by atoms with van der Waals surface area (Å²) < 4.78 is 17.8. The molecule has 0 amide bonds. The maximum atomic E-state index is 10.6. The normalized spacial score (nSPS) is 8.91. The van der Waals surface area contributed by atoms with Crippen molar-refractivity contribution in [2.45, 2.75) is 39.5 Å². The van der Waals surface area contributed by atoms with E-state index in [9.17, 15) is 19.2 Å². The predicted octanol–water partition coefficient (Wildman–Crippen LogP) is 1.01. The highest BCUT2D eigenvalue weighted by molar-refractivity contribution is 5.70. The van der Waals surface area contributed by atoms with Gasteiger partial charge in [0.05, 0.1) is 14.2 Å². The number of esters is 4. The van der Waals surface area contributed by atoms with Gasteiger partial charge in [-0.1, -0.05) is 0 Å². The van der Waals surface area contributed by atoms with Gasteiger partial charge in [0.2, 0.25) is 0 Å². The molecule has 0 atom stereocenters. The summed E-state index contributed by atoms with van der Waals surface area (Å²) in [5, 5.41) is 0. The number of carbonyl (C=O) groups excluding carboxylic acids is 4. The van der Waals surface area contributed by atoms with E-state index < -0.39 is 0 Å². The van der Waals surface area contributed by atoms with Crippen molar-refractivity contribution in [3.63, 3.8) is 0 Å². The topological polar surface area (TPSA) is 105 Å². The van der Waals surface area contributed by atoms with Crippen molar-refractivity contribution in [3.8, 4) is 0 Å². The Kier molecular flexibility index (Phi) is 15.4. The van der Waals surface area contributed by atoms with Crippen LogP contribution in [0.4, 0.5) is 0 Å². The molecule has 0 aliphatic carbocycles. The Balaban J connectivity index is 0.